The summed E-state index contributed by atoms with van der Waals surface area (Å²) in [6.45, 7) is 27.4. The minimum absolute atomic E-state index is 0.0463. The highest BCUT2D eigenvalue weighted by atomic mass is 35.5. The number of benzene rings is 6. The van der Waals surface area contributed by atoms with Crippen LogP contribution in [0, 0.1) is 0 Å². The molecule has 0 aliphatic heterocycles. The average Bonchev–Trinajstić information content (AvgIpc) is 4.11. The number of ether oxygens (including phenoxy) is 2. The van der Waals surface area contributed by atoms with Crippen LogP contribution < -0.4 is 9.47 Å². The summed E-state index contributed by atoms with van der Waals surface area (Å²) in [7, 11) is 0. The fourth-order valence-electron chi connectivity index (χ4n) is 10.1. The van der Waals surface area contributed by atoms with Gasteiger partial charge in [-0.3, -0.25) is 0 Å². The molecule has 0 atom stereocenters. The van der Waals surface area contributed by atoms with Crippen LogP contribution in [0.2, 0.25) is 20.1 Å². The molecule has 0 radical (unpaired) electrons. The highest BCUT2D eigenvalue weighted by Crippen LogP contribution is 2.53. The Morgan fingerprint density at radius 2 is 0.711 bits per heavy atom. The Morgan fingerprint density at radius 3 is 0.987 bits per heavy atom. The van der Waals surface area contributed by atoms with Gasteiger partial charge in [0.1, 0.15) is 11.5 Å². The van der Waals surface area contributed by atoms with Crippen molar-refractivity contribution in [3.8, 4) is 55.3 Å². The van der Waals surface area contributed by atoms with Gasteiger partial charge in [-0.1, -0.05) is 154 Å². The molecule has 0 aliphatic carbocycles. The molecule has 6 nitrogen and oxygen atoms in total. The second-order valence-electron chi connectivity index (χ2n) is 24.1. The standard InChI is InChI=1S/C64H64Cl4N2O4S2/c1-61(2,3)35-15-21-45-39(29-35)40-30-36(62(4,5)6)16-22-46(40)69(45)49-33-75-59(57(49)71)53-51(25-19-43(65)55(53)67)73-27-13-14-28-74-52-26-20-44(66)56(68)54(52)60-58(72)50(34-76-60)70-47-23-17-37(63(7,8)9)31-41(47)42-32-38(64(10,11)12)18-24-48(42)70/h15-26,29-34,71-72H,13-14,27-28H2,1-12H3. The minimum Gasteiger partial charge on any atom is -0.504 e. The first-order valence-electron chi connectivity index (χ1n) is 25.8. The fourth-order valence-corrected chi connectivity index (χ4v) is 13.0. The van der Waals surface area contributed by atoms with Crippen LogP contribution in [0.25, 0.3) is 75.9 Å². The molecular formula is C64H64Cl4N2O4S2. The van der Waals surface area contributed by atoms with Gasteiger partial charge in [-0.05, 0) is 130 Å². The number of hydrogen-bond acceptors (Lipinski definition) is 6. The molecule has 394 valence electrons. The Morgan fingerprint density at radius 1 is 0.421 bits per heavy atom. The van der Waals surface area contributed by atoms with Crippen LogP contribution in [0.4, 0.5) is 0 Å². The van der Waals surface area contributed by atoms with E-state index in [0.717, 1.165) is 43.6 Å². The van der Waals surface area contributed by atoms with E-state index in [2.05, 4.69) is 165 Å². The Labute approximate surface area is 474 Å². The zero-order valence-electron chi connectivity index (χ0n) is 45.2. The summed E-state index contributed by atoms with van der Waals surface area (Å²) in [5.41, 5.74) is 11.1. The van der Waals surface area contributed by atoms with E-state index >= 15 is 0 Å². The van der Waals surface area contributed by atoms with Crippen LogP contribution in [0.5, 0.6) is 23.0 Å². The zero-order chi connectivity index (χ0) is 54.6. The van der Waals surface area contributed by atoms with Crippen molar-refractivity contribution in [3.05, 3.63) is 150 Å². The number of nitrogens with zero attached hydrogens (tertiary/aromatic N) is 2. The number of thiophene rings is 2. The Bertz CT molecular complexity index is 3510. The van der Waals surface area contributed by atoms with Gasteiger partial charge in [0.05, 0.1) is 87.6 Å². The first-order chi connectivity index (χ1) is 35.7. The topological polar surface area (TPSA) is 68.8 Å². The second kappa shape index (κ2) is 19.8. The Balaban J connectivity index is 0.899. The maximum absolute atomic E-state index is 12.3. The van der Waals surface area contributed by atoms with Crippen molar-refractivity contribution in [1.82, 2.24) is 9.13 Å². The van der Waals surface area contributed by atoms with Crippen molar-refractivity contribution < 1.29 is 19.7 Å². The maximum Gasteiger partial charge on any atom is 0.158 e. The molecule has 0 bridgehead atoms. The Kier molecular flexibility index (Phi) is 14.1. The van der Waals surface area contributed by atoms with Gasteiger partial charge in [0.25, 0.3) is 0 Å². The fraction of sp³-hybridized carbons (Fsp3) is 0.312. The van der Waals surface area contributed by atoms with E-state index in [1.807, 2.05) is 10.8 Å². The average molecular weight is 1130 g/mol. The van der Waals surface area contributed by atoms with E-state index in [-0.39, 0.29) is 33.2 Å². The van der Waals surface area contributed by atoms with Gasteiger partial charge in [0, 0.05) is 32.3 Å². The summed E-state index contributed by atoms with van der Waals surface area (Å²) in [6, 6.07) is 33.6. The van der Waals surface area contributed by atoms with Crippen LogP contribution in [0.15, 0.2) is 108 Å². The lowest BCUT2D eigenvalue weighted by atomic mass is 9.85. The first-order valence-corrected chi connectivity index (χ1v) is 29.0. The zero-order valence-corrected chi connectivity index (χ0v) is 49.8. The van der Waals surface area contributed by atoms with E-state index in [9.17, 15) is 10.2 Å². The lowest BCUT2D eigenvalue weighted by Crippen LogP contribution is -2.10. The molecule has 0 aliphatic rings. The van der Waals surface area contributed by atoms with Gasteiger partial charge in [-0.25, -0.2) is 0 Å². The predicted octanol–water partition coefficient (Wildman–Crippen LogP) is 20.8. The Hall–Kier alpha value is -5.32. The van der Waals surface area contributed by atoms with Gasteiger partial charge < -0.3 is 28.8 Å². The van der Waals surface area contributed by atoms with Crippen LogP contribution in [0.1, 0.15) is 118 Å². The largest absolute Gasteiger partial charge is 0.504 e. The van der Waals surface area contributed by atoms with Gasteiger partial charge in [-0.15, -0.1) is 22.7 Å². The monoisotopic (exact) mass is 1130 g/mol. The molecule has 6 aromatic carbocycles. The maximum atomic E-state index is 12.3. The SMILES string of the molecule is CC(C)(C)c1ccc2c(c1)c1cc(C(C)(C)C)ccc1n2-c1csc(-c2c(OCCCCOc3ccc(Cl)c(Cl)c3-c3scc(-n4c5ccc(C(C)(C)C)cc5c5cc(C(C)(C)C)ccc54)c3O)ccc(Cl)c2Cl)c1O. The molecule has 0 spiro atoms. The van der Waals surface area contributed by atoms with Crippen molar-refractivity contribution in [2.75, 3.05) is 13.2 Å². The van der Waals surface area contributed by atoms with E-state index in [4.69, 9.17) is 55.9 Å². The quantitative estimate of drug-likeness (QED) is 0.127. The molecule has 76 heavy (non-hydrogen) atoms. The lowest BCUT2D eigenvalue weighted by molar-refractivity contribution is 0.267. The molecule has 0 fully saturated rings. The normalized spacial score (nSPS) is 12.8. The molecule has 0 saturated heterocycles. The highest BCUT2D eigenvalue weighted by molar-refractivity contribution is 7.15. The molecule has 4 heterocycles. The number of halogens is 4. The number of rotatable bonds is 11. The number of aromatic nitrogens is 2. The minimum atomic E-state index is -0.0463. The molecule has 10 aromatic rings. The van der Waals surface area contributed by atoms with Crippen LogP contribution in [-0.2, 0) is 21.7 Å². The van der Waals surface area contributed by atoms with Gasteiger partial charge in [0.15, 0.2) is 11.5 Å². The van der Waals surface area contributed by atoms with Gasteiger partial charge >= 0.3 is 0 Å². The summed E-state index contributed by atoms with van der Waals surface area (Å²) >= 11 is 30.2. The highest BCUT2D eigenvalue weighted by Gasteiger charge is 2.29. The number of fused-ring (bicyclic) bond motifs is 6. The number of hydrogen-bond donors (Lipinski definition) is 2. The molecule has 2 N–H and O–H groups in total. The van der Waals surface area contributed by atoms with Gasteiger partial charge in [-0.2, -0.15) is 0 Å². The third kappa shape index (κ3) is 9.74. The molecule has 0 unspecified atom stereocenters. The van der Waals surface area contributed by atoms with Crippen LogP contribution >= 0.6 is 69.1 Å². The lowest BCUT2D eigenvalue weighted by Gasteiger charge is -2.19. The summed E-state index contributed by atoms with van der Waals surface area (Å²) in [5.74, 6) is 1.20. The van der Waals surface area contributed by atoms with Gasteiger partial charge in [0.2, 0.25) is 0 Å². The van der Waals surface area contributed by atoms with E-state index in [1.165, 1.54) is 44.9 Å². The predicted molar refractivity (Wildman–Crippen MR) is 327 cm³/mol. The van der Waals surface area contributed by atoms with E-state index < -0.39 is 0 Å². The summed E-state index contributed by atoms with van der Waals surface area (Å²) in [5, 5.41) is 34.3. The molecular weight excluding hydrogens is 1070 g/mol. The molecule has 10 rings (SSSR count). The summed E-state index contributed by atoms with van der Waals surface area (Å²) in [4.78, 5) is 1.12. The number of aromatic hydroxyl groups is 2. The molecule has 12 heteroatoms. The van der Waals surface area contributed by atoms with E-state index in [0.29, 0.717) is 89.9 Å². The summed E-state index contributed by atoms with van der Waals surface area (Å²) in [6.07, 6.45) is 1.25. The second-order valence-corrected chi connectivity index (χ2v) is 27.4. The first kappa shape index (κ1) is 54.1. The van der Waals surface area contributed by atoms with Crippen molar-refractivity contribution in [1.29, 1.82) is 0 Å². The van der Waals surface area contributed by atoms with Crippen molar-refractivity contribution in [3.63, 3.8) is 0 Å². The van der Waals surface area contributed by atoms with Crippen molar-refractivity contribution in [2.24, 2.45) is 0 Å². The molecule has 4 aromatic heterocycles. The molecule has 0 amide bonds. The molecule has 0 saturated carbocycles. The third-order valence-corrected chi connectivity index (χ3v) is 18.1. The number of unbranched alkanes of at least 4 members (excludes halogenated alkanes) is 1. The van der Waals surface area contributed by atoms with Crippen molar-refractivity contribution in [2.45, 2.75) is 118 Å². The van der Waals surface area contributed by atoms with Crippen LogP contribution in [0.3, 0.4) is 0 Å². The van der Waals surface area contributed by atoms with Crippen LogP contribution in [-0.4, -0.2) is 32.6 Å². The smallest absolute Gasteiger partial charge is 0.158 e. The summed E-state index contributed by atoms with van der Waals surface area (Å²) < 4.78 is 17.2. The van der Waals surface area contributed by atoms with E-state index in [1.54, 1.807) is 24.3 Å². The third-order valence-electron chi connectivity index (χ3n) is 14.6. The van der Waals surface area contributed by atoms with Crippen molar-refractivity contribution >= 4 is 113 Å².